The molecule has 1 N–H and O–H groups in total. The maximum Gasteiger partial charge on any atom is 0.219 e. The first-order chi connectivity index (χ1) is 9.21. The molecule has 0 saturated heterocycles. The molecule has 0 bridgehead atoms. The van der Waals surface area contributed by atoms with Gasteiger partial charge in [0.2, 0.25) is 5.88 Å². The molecule has 2 aromatic rings. The van der Waals surface area contributed by atoms with Crippen LogP contribution >= 0.6 is 0 Å². The highest BCUT2D eigenvalue weighted by Crippen LogP contribution is 2.23. The third-order valence-corrected chi connectivity index (χ3v) is 2.53. The smallest absolute Gasteiger partial charge is 0.219 e. The van der Waals surface area contributed by atoms with Crippen LogP contribution in [0, 0.1) is 6.92 Å². The molecule has 19 heavy (non-hydrogen) atoms. The minimum absolute atomic E-state index is 0.0248. The SMILES string of the molecule is CCOc1ccc(Oc2cc(CO)cc(C)n2)cc1. The molecule has 0 fully saturated rings. The van der Waals surface area contributed by atoms with Gasteiger partial charge in [0, 0.05) is 11.8 Å². The summed E-state index contributed by atoms with van der Waals surface area (Å²) in [6, 6.07) is 10.9. The van der Waals surface area contributed by atoms with Gasteiger partial charge in [-0.3, -0.25) is 0 Å². The number of ether oxygens (including phenoxy) is 2. The number of aliphatic hydroxyl groups excluding tert-OH is 1. The first-order valence-electron chi connectivity index (χ1n) is 6.20. The zero-order chi connectivity index (χ0) is 13.7. The fourth-order valence-electron chi connectivity index (χ4n) is 1.74. The normalized spacial score (nSPS) is 10.3. The van der Waals surface area contributed by atoms with Gasteiger partial charge in [0.25, 0.3) is 0 Å². The van der Waals surface area contributed by atoms with Crippen molar-refractivity contribution in [3.63, 3.8) is 0 Å². The van der Waals surface area contributed by atoms with Gasteiger partial charge in [-0.05, 0) is 49.7 Å². The van der Waals surface area contributed by atoms with Crippen LogP contribution < -0.4 is 9.47 Å². The van der Waals surface area contributed by atoms with Crippen LogP contribution in [0.4, 0.5) is 0 Å². The number of aliphatic hydroxyl groups is 1. The summed E-state index contributed by atoms with van der Waals surface area (Å²) in [7, 11) is 0. The van der Waals surface area contributed by atoms with Crippen LogP contribution in [0.2, 0.25) is 0 Å². The summed E-state index contributed by atoms with van der Waals surface area (Å²) in [4.78, 5) is 4.27. The zero-order valence-corrected chi connectivity index (χ0v) is 11.1. The van der Waals surface area contributed by atoms with Gasteiger partial charge in [-0.1, -0.05) is 0 Å². The Bertz CT molecular complexity index is 538. The molecule has 4 heteroatoms. The Morgan fingerprint density at radius 1 is 1.11 bits per heavy atom. The Morgan fingerprint density at radius 3 is 2.42 bits per heavy atom. The standard InChI is InChI=1S/C15H17NO3/c1-3-18-13-4-6-14(7-5-13)19-15-9-12(10-17)8-11(2)16-15/h4-9,17H,3,10H2,1-2H3. The molecule has 0 amide bonds. The first kappa shape index (κ1) is 13.4. The summed E-state index contributed by atoms with van der Waals surface area (Å²) in [5, 5.41) is 9.15. The lowest BCUT2D eigenvalue weighted by Crippen LogP contribution is -1.94. The second kappa shape index (κ2) is 6.20. The van der Waals surface area contributed by atoms with E-state index in [1.165, 1.54) is 0 Å². The van der Waals surface area contributed by atoms with E-state index in [4.69, 9.17) is 14.6 Å². The van der Waals surface area contributed by atoms with E-state index in [9.17, 15) is 0 Å². The van der Waals surface area contributed by atoms with Crippen LogP contribution in [0.1, 0.15) is 18.2 Å². The van der Waals surface area contributed by atoms with E-state index in [0.717, 1.165) is 17.0 Å². The minimum Gasteiger partial charge on any atom is -0.494 e. The van der Waals surface area contributed by atoms with Crippen molar-refractivity contribution in [2.75, 3.05) is 6.61 Å². The number of hydrogen-bond acceptors (Lipinski definition) is 4. The summed E-state index contributed by atoms with van der Waals surface area (Å²) in [6.45, 7) is 4.42. The van der Waals surface area contributed by atoms with Crippen molar-refractivity contribution in [2.45, 2.75) is 20.5 Å². The largest absolute Gasteiger partial charge is 0.494 e. The molecule has 2 rings (SSSR count). The van der Waals surface area contributed by atoms with E-state index in [2.05, 4.69) is 4.98 Å². The molecule has 0 spiro atoms. The maximum absolute atomic E-state index is 9.15. The molecule has 1 heterocycles. The van der Waals surface area contributed by atoms with Gasteiger partial charge in [0.15, 0.2) is 0 Å². The quantitative estimate of drug-likeness (QED) is 0.896. The summed E-state index contributed by atoms with van der Waals surface area (Å²) in [6.07, 6.45) is 0. The maximum atomic E-state index is 9.15. The number of aryl methyl sites for hydroxylation is 1. The highest BCUT2D eigenvalue weighted by Gasteiger charge is 2.03. The molecule has 4 nitrogen and oxygen atoms in total. The van der Waals surface area contributed by atoms with Crippen LogP contribution in [0.15, 0.2) is 36.4 Å². The number of benzene rings is 1. The summed E-state index contributed by atoms with van der Waals surface area (Å²) >= 11 is 0. The number of nitrogens with zero attached hydrogens (tertiary/aromatic N) is 1. The molecule has 1 aromatic heterocycles. The summed E-state index contributed by atoms with van der Waals surface area (Å²) < 4.78 is 11.0. The van der Waals surface area contributed by atoms with E-state index < -0.39 is 0 Å². The Balaban J connectivity index is 2.14. The van der Waals surface area contributed by atoms with E-state index >= 15 is 0 Å². The molecule has 0 unspecified atom stereocenters. The van der Waals surface area contributed by atoms with Crippen LogP contribution in [-0.4, -0.2) is 16.7 Å². The van der Waals surface area contributed by atoms with Gasteiger partial charge in [0.05, 0.1) is 13.2 Å². The number of hydrogen-bond donors (Lipinski definition) is 1. The van der Waals surface area contributed by atoms with Crippen molar-refractivity contribution in [1.29, 1.82) is 0 Å². The Morgan fingerprint density at radius 2 is 1.79 bits per heavy atom. The number of rotatable bonds is 5. The van der Waals surface area contributed by atoms with Crippen molar-refractivity contribution in [1.82, 2.24) is 4.98 Å². The van der Waals surface area contributed by atoms with Crippen molar-refractivity contribution in [3.8, 4) is 17.4 Å². The van der Waals surface area contributed by atoms with Crippen molar-refractivity contribution in [3.05, 3.63) is 47.7 Å². The molecule has 0 atom stereocenters. The predicted molar refractivity (Wildman–Crippen MR) is 72.6 cm³/mol. The Hall–Kier alpha value is -2.07. The third-order valence-electron chi connectivity index (χ3n) is 2.53. The second-order valence-corrected chi connectivity index (χ2v) is 4.12. The van der Waals surface area contributed by atoms with Crippen LogP contribution in [0.3, 0.4) is 0 Å². The third kappa shape index (κ3) is 3.69. The van der Waals surface area contributed by atoms with Gasteiger partial charge >= 0.3 is 0 Å². The molecule has 0 aliphatic heterocycles. The lowest BCUT2D eigenvalue weighted by atomic mass is 10.2. The predicted octanol–water partition coefficient (Wildman–Crippen LogP) is 3.07. The minimum atomic E-state index is -0.0248. The number of aromatic nitrogens is 1. The van der Waals surface area contributed by atoms with E-state index in [1.54, 1.807) is 6.07 Å². The van der Waals surface area contributed by atoms with Crippen LogP contribution in [0.5, 0.6) is 17.4 Å². The van der Waals surface area contributed by atoms with E-state index in [-0.39, 0.29) is 6.61 Å². The average Bonchev–Trinajstić information content (AvgIpc) is 2.40. The van der Waals surface area contributed by atoms with Crippen LogP contribution in [-0.2, 0) is 6.61 Å². The highest BCUT2D eigenvalue weighted by molar-refractivity contribution is 5.34. The van der Waals surface area contributed by atoms with Gasteiger partial charge < -0.3 is 14.6 Å². The molecular formula is C15H17NO3. The lowest BCUT2D eigenvalue weighted by molar-refractivity contribution is 0.281. The Labute approximate surface area is 112 Å². The average molecular weight is 259 g/mol. The van der Waals surface area contributed by atoms with Crippen molar-refractivity contribution >= 4 is 0 Å². The summed E-state index contributed by atoms with van der Waals surface area (Å²) in [5.74, 6) is 1.97. The monoisotopic (exact) mass is 259 g/mol. The van der Waals surface area contributed by atoms with Gasteiger partial charge in [0.1, 0.15) is 11.5 Å². The summed E-state index contributed by atoms with van der Waals surface area (Å²) in [5.41, 5.74) is 1.60. The van der Waals surface area contributed by atoms with Gasteiger partial charge in [-0.25, -0.2) is 4.98 Å². The highest BCUT2D eigenvalue weighted by atomic mass is 16.5. The molecule has 100 valence electrons. The van der Waals surface area contributed by atoms with E-state index in [1.807, 2.05) is 44.2 Å². The van der Waals surface area contributed by atoms with Gasteiger partial charge in [-0.2, -0.15) is 0 Å². The molecule has 1 aromatic carbocycles. The molecule has 0 aliphatic rings. The number of pyridine rings is 1. The topological polar surface area (TPSA) is 51.6 Å². The molecule has 0 saturated carbocycles. The fourth-order valence-corrected chi connectivity index (χ4v) is 1.74. The second-order valence-electron chi connectivity index (χ2n) is 4.12. The van der Waals surface area contributed by atoms with Crippen LogP contribution in [0.25, 0.3) is 0 Å². The molecular weight excluding hydrogens is 242 g/mol. The molecule has 0 radical (unpaired) electrons. The van der Waals surface area contributed by atoms with Crippen molar-refractivity contribution in [2.24, 2.45) is 0 Å². The van der Waals surface area contributed by atoms with Gasteiger partial charge in [-0.15, -0.1) is 0 Å². The van der Waals surface area contributed by atoms with E-state index in [0.29, 0.717) is 18.2 Å². The first-order valence-corrected chi connectivity index (χ1v) is 6.20. The Kier molecular flexibility index (Phi) is 4.36. The zero-order valence-electron chi connectivity index (χ0n) is 11.1. The molecule has 0 aliphatic carbocycles. The fraction of sp³-hybridized carbons (Fsp3) is 0.267. The lowest BCUT2D eigenvalue weighted by Gasteiger charge is -2.08. The van der Waals surface area contributed by atoms with Crippen molar-refractivity contribution < 1.29 is 14.6 Å².